The van der Waals surface area contributed by atoms with E-state index in [4.69, 9.17) is 4.74 Å². The lowest BCUT2D eigenvalue weighted by molar-refractivity contribution is -0.0313. The lowest BCUT2D eigenvalue weighted by Gasteiger charge is -2.42. The van der Waals surface area contributed by atoms with Crippen LogP contribution in [-0.4, -0.2) is 24.1 Å². The average molecular weight is 316 g/mol. The van der Waals surface area contributed by atoms with Gasteiger partial charge in [-0.25, -0.2) is 4.79 Å². The van der Waals surface area contributed by atoms with E-state index < -0.39 is 5.72 Å². The summed E-state index contributed by atoms with van der Waals surface area (Å²) in [6, 6.07) is 22.2. The van der Waals surface area contributed by atoms with Gasteiger partial charge in [0.2, 0.25) is 0 Å². The first-order valence-electron chi connectivity index (χ1n) is 8.11. The Morgan fingerprint density at radius 2 is 1.67 bits per heavy atom. The van der Waals surface area contributed by atoms with Gasteiger partial charge in [0.1, 0.15) is 0 Å². The van der Waals surface area contributed by atoms with E-state index in [2.05, 4.69) is 29.6 Å². The molecule has 2 aliphatic heterocycles. The van der Waals surface area contributed by atoms with Crippen molar-refractivity contribution in [2.75, 3.05) is 18.5 Å². The summed E-state index contributed by atoms with van der Waals surface area (Å²) in [6.45, 7) is 1.09. The number of benzene rings is 3. The van der Waals surface area contributed by atoms with Crippen LogP contribution in [0.25, 0.3) is 10.8 Å². The number of carbonyl (C=O) groups is 1. The fourth-order valence-electron chi connectivity index (χ4n) is 3.95. The highest BCUT2D eigenvalue weighted by Gasteiger charge is 2.52. The zero-order valence-electron chi connectivity index (χ0n) is 13.0. The Labute approximate surface area is 139 Å². The number of urea groups is 1. The first kappa shape index (κ1) is 13.6. The zero-order chi connectivity index (χ0) is 16.1. The Balaban J connectivity index is 1.88. The number of nitrogens with one attached hydrogen (secondary N) is 1. The predicted molar refractivity (Wildman–Crippen MR) is 92.8 cm³/mol. The molecule has 2 amide bonds. The Bertz CT molecular complexity index is 963. The van der Waals surface area contributed by atoms with Crippen LogP contribution in [0.2, 0.25) is 0 Å². The minimum atomic E-state index is -0.861. The molecule has 0 aromatic heterocycles. The molecule has 24 heavy (non-hydrogen) atoms. The summed E-state index contributed by atoms with van der Waals surface area (Å²) in [5.74, 6) is 0. The summed E-state index contributed by atoms with van der Waals surface area (Å²) in [5.41, 5.74) is 1.95. The van der Waals surface area contributed by atoms with Crippen LogP contribution in [0.3, 0.4) is 0 Å². The topological polar surface area (TPSA) is 41.6 Å². The van der Waals surface area contributed by atoms with Crippen molar-refractivity contribution in [2.45, 2.75) is 5.72 Å². The Morgan fingerprint density at radius 3 is 2.62 bits per heavy atom. The van der Waals surface area contributed by atoms with E-state index in [0.29, 0.717) is 13.2 Å². The summed E-state index contributed by atoms with van der Waals surface area (Å²) in [4.78, 5) is 14.5. The molecular weight excluding hydrogens is 300 g/mol. The summed E-state index contributed by atoms with van der Waals surface area (Å²) < 4.78 is 6.30. The molecule has 1 saturated heterocycles. The van der Waals surface area contributed by atoms with Gasteiger partial charge in [-0.05, 0) is 16.8 Å². The van der Waals surface area contributed by atoms with Gasteiger partial charge in [-0.3, -0.25) is 4.90 Å². The van der Waals surface area contributed by atoms with Crippen LogP contribution >= 0.6 is 0 Å². The van der Waals surface area contributed by atoms with Crippen molar-refractivity contribution >= 4 is 22.5 Å². The molecule has 2 heterocycles. The summed E-state index contributed by atoms with van der Waals surface area (Å²) in [7, 11) is 0. The molecule has 2 aliphatic rings. The number of nitrogens with zero attached hydrogens (tertiary/aromatic N) is 1. The van der Waals surface area contributed by atoms with Gasteiger partial charge in [0, 0.05) is 17.7 Å². The number of anilines is 1. The van der Waals surface area contributed by atoms with Gasteiger partial charge in [-0.15, -0.1) is 0 Å². The first-order chi connectivity index (χ1) is 11.8. The molecule has 1 N–H and O–H groups in total. The molecule has 1 fully saturated rings. The minimum Gasteiger partial charge on any atom is -0.345 e. The number of hydrogen-bond donors (Lipinski definition) is 1. The molecule has 0 saturated carbocycles. The number of hydrogen-bond acceptors (Lipinski definition) is 2. The van der Waals surface area contributed by atoms with Crippen LogP contribution in [0.1, 0.15) is 11.1 Å². The van der Waals surface area contributed by atoms with Gasteiger partial charge in [-0.2, -0.15) is 0 Å². The maximum atomic E-state index is 12.7. The number of rotatable bonds is 1. The number of amides is 2. The Morgan fingerprint density at radius 1 is 0.917 bits per heavy atom. The van der Waals surface area contributed by atoms with Gasteiger partial charge in [0.15, 0.2) is 5.72 Å². The fourth-order valence-corrected chi connectivity index (χ4v) is 3.95. The molecule has 5 rings (SSSR count). The highest BCUT2D eigenvalue weighted by atomic mass is 16.5. The van der Waals surface area contributed by atoms with E-state index in [1.807, 2.05) is 42.5 Å². The zero-order valence-corrected chi connectivity index (χ0v) is 13.0. The van der Waals surface area contributed by atoms with Crippen molar-refractivity contribution in [3.63, 3.8) is 0 Å². The van der Waals surface area contributed by atoms with Crippen molar-refractivity contribution in [1.82, 2.24) is 4.90 Å². The van der Waals surface area contributed by atoms with Crippen LogP contribution in [-0.2, 0) is 10.5 Å². The van der Waals surface area contributed by atoms with Gasteiger partial charge in [-0.1, -0.05) is 60.7 Å². The number of ether oxygens (including phenoxy) is 1. The van der Waals surface area contributed by atoms with Crippen molar-refractivity contribution in [3.05, 3.63) is 77.9 Å². The van der Waals surface area contributed by atoms with Crippen LogP contribution in [0, 0.1) is 0 Å². The van der Waals surface area contributed by atoms with E-state index in [-0.39, 0.29) is 6.03 Å². The van der Waals surface area contributed by atoms with E-state index in [1.165, 1.54) is 0 Å². The number of carbonyl (C=O) groups excluding carboxylic acids is 1. The lowest BCUT2D eigenvalue weighted by Crippen LogP contribution is -2.52. The molecule has 3 aromatic carbocycles. The molecule has 0 spiro atoms. The average Bonchev–Trinajstić information content (AvgIpc) is 3.08. The Hall–Kier alpha value is -2.85. The van der Waals surface area contributed by atoms with Crippen LogP contribution < -0.4 is 5.32 Å². The largest absolute Gasteiger partial charge is 0.345 e. The summed E-state index contributed by atoms with van der Waals surface area (Å²) in [6.07, 6.45) is 0. The van der Waals surface area contributed by atoms with Gasteiger partial charge >= 0.3 is 6.03 Å². The van der Waals surface area contributed by atoms with Gasteiger partial charge < -0.3 is 10.1 Å². The highest BCUT2D eigenvalue weighted by Crippen LogP contribution is 2.48. The molecule has 4 heteroatoms. The summed E-state index contributed by atoms with van der Waals surface area (Å²) >= 11 is 0. The molecule has 0 bridgehead atoms. The number of fused-ring (bicyclic) bond motifs is 4. The molecule has 4 nitrogen and oxygen atoms in total. The van der Waals surface area contributed by atoms with E-state index in [9.17, 15) is 4.79 Å². The SMILES string of the molecule is O=C1Nc2ccccc2C2(c3cccc4ccccc34)OCCN12. The standard InChI is InChI=1S/C20H16N2O2/c23-19-21-18-11-4-3-9-17(18)20(22(19)12-13-24-20)16-10-5-7-14-6-1-2-8-15(14)16/h1-11H,12-13H2,(H,21,23). The molecule has 1 unspecified atom stereocenters. The third-order valence-electron chi connectivity index (χ3n) is 4.94. The molecule has 3 aromatic rings. The van der Waals surface area contributed by atoms with E-state index in [0.717, 1.165) is 27.6 Å². The van der Waals surface area contributed by atoms with Crippen LogP contribution in [0.15, 0.2) is 66.7 Å². The molecular formula is C20H16N2O2. The maximum absolute atomic E-state index is 12.7. The third-order valence-corrected chi connectivity index (χ3v) is 4.94. The maximum Gasteiger partial charge on any atom is 0.324 e. The van der Waals surface area contributed by atoms with E-state index in [1.54, 1.807) is 4.90 Å². The second-order valence-electron chi connectivity index (χ2n) is 6.15. The normalized spacial score (nSPS) is 22.2. The molecule has 1 atom stereocenters. The first-order valence-corrected chi connectivity index (χ1v) is 8.11. The van der Waals surface area contributed by atoms with Gasteiger partial charge in [0.05, 0.1) is 12.3 Å². The Kier molecular flexibility index (Phi) is 2.73. The fraction of sp³-hybridized carbons (Fsp3) is 0.150. The van der Waals surface area contributed by atoms with Crippen molar-refractivity contribution in [3.8, 4) is 0 Å². The van der Waals surface area contributed by atoms with Crippen molar-refractivity contribution in [2.24, 2.45) is 0 Å². The summed E-state index contributed by atoms with van der Waals surface area (Å²) in [5, 5.41) is 5.23. The van der Waals surface area contributed by atoms with Crippen LogP contribution in [0.4, 0.5) is 10.5 Å². The molecule has 0 radical (unpaired) electrons. The molecule has 118 valence electrons. The lowest BCUT2D eigenvalue weighted by atomic mass is 9.87. The quantitative estimate of drug-likeness (QED) is 0.739. The van der Waals surface area contributed by atoms with Gasteiger partial charge in [0.25, 0.3) is 0 Å². The van der Waals surface area contributed by atoms with Crippen molar-refractivity contribution in [1.29, 1.82) is 0 Å². The molecule has 0 aliphatic carbocycles. The second kappa shape index (κ2) is 4.82. The smallest absolute Gasteiger partial charge is 0.324 e. The monoisotopic (exact) mass is 316 g/mol. The van der Waals surface area contributed by atoms with Crippen molar-refractivity contribution < 1.29 is 9.53 Å². The minimum absolute atomic E-state index is 0.112. The predicted octanol–water partition coefficient (Wildman–Crippen LogP) is 3.92. The second-order valence-corrected chi connectivity index (χ2v) is 6.15. The number of para-hydroxylation sites is 1. The highest BCUT2D eigenvalue weighted by molar-refractivity contribution is 5.96. The van der Waals surface area contributed by atoms with Crippen LogP contribution in [0.5, 0.6) is 0 Å². The van der Waals surface area contributed by atoms with E-state index >= 15 is 0 Å². The third kappa shape index (κ3) is 1.63.